The first kappa shape index (κ1) is 34.8. The van der Waals surface area contributed by atoms with Crippen LogP contribution in [0.4, 0.5) is 22.0 Å². The maximum Gasteiger partial charge on any atom is 0.450 e. The molecule has 0 aliphatic carbocycles. The first-order valence-corrected chi connectivity index (χ1v) is 13.1. The summed E-state index contributed by atoms with van der Waals surface area (Å²) < 4.78 is 79.6. The van der Waals surface area contributed by atoms with Gasteiger partial charge in [0.2, 0.25) is 17.5 Å². The van der Waals surface area contributed by atoms with Crippen molar-refractivity contribution in [1.82, 2.24) is 5.32 Å². The SMILES string of the molecule is COC[C@H](CC(=O)C(F)(F)c1cccc(Cl)c1)C(=O)N[C@H](C(=O)C[C@H](C(=O)C(F)(F)F)C(C)C)c1ccc(OC)cc1. The number of methoxy groups -OCH3 is 2. The first-order valence-electron chi connectivity index (χ1n) is 12.8. The van der Waals surface area contributed by atoms with Gasteiger partial charge in [0.1, 0.15) is 11.8 Å². The van der Waals surface area contributed by atoms with Gasteiger partial charge in [-0.15, -0.1) is 0 Å². The minimum atomic E-state index is -5.19. The Kier molecular flexibility index (Phi) is 12.2. The van der Waals surface area contributed by atoms with Crippen molar-refractivity contribution in [3.05, 3.63) is 64.7 Å². The molecular weight excluding hydrogens is 589 g/mol. The van der Waals surface area contributed by atoms with Crippen LogP contribution in [0.15, 0.2) is 48.5 Å². The van der Waals surface area contributed by atoms with Crippen LogP contribution in [0.5, 0.6) is 5.75 Å². The van der Waals surface area contributed by atoms with E-state index in [9.17, 15) is 41.1 Å². The van der Waals surface area contributed by atoms with Gasteiger partial charge in [0.25, 0.3) is 0 Å². The standard InChI is InChI=1S/C29H31ClF5NO6/c1-16(2)22(26(39)29(33,34)35)14-23(37)25(17-8-10-21(42-4)11-9-17)36-27(40)18(15-41-3)12-24(38)28(31,32)19-6-5-7-20(30)13-19/h5-11,13,16,18,22,25H,12,14-15H2,1-4H3,(H,36,40)/t18-,22-,25-/m0/s1. The summed E-state index contributed by atoms with van der Waals surface area (Å²) in [5.41, 5.74) is -0.556. The molecule has 42 heavy (non-hydrogen) atoms. The Hall–Kier alpha value is -3.38. The molecule has 0 fully saturated rings. The Morgan fingerprint density at radius 1 is 0.929 bits per heavy atom. The highest BCUT2D eigenvalue weighted by molar-refractivity contribution is 6.30. The summed E-state index contributed by atoms with van der Waals surface area (Å²) in [7, 11) is 2.54. The molecule has 2 rings (SSSR count). The molecule has 0 spiro atoms. The molecule has 1 amide bonds. The van der Waals surface area contributed by atoms with Crippen LogP contribution in [0.1, 0.15) is 43.9 Å². The molecule has 3 atom stereocenters. The van der Waals surface area contributed by atoms with Crippen molar-refractivity contribution in [3.8, 4) is 5.75 Å². The molecule has 0 aromatic heterocycles. The van der Waals surface area contributed by atoms with Crippen molar-refractivity contribution in [1.29, 1.82) is 0 Å². The lowest BCUT2D eigenvalue weighted by atomic mass is 9.84. The Labute approximate surface area is 244 Å². The molecule has 0 aliphatic rings. The van der Waals surface area contributed by atoms with Crippen LogP contribution in [-0.2, 0) is 29.8 Å². The number of nitrogens with one attached hydrogen (secondary N) is 1. The smallest absolute Gasteiger partial charge is 0.450 e. The van der Waals surface area contributed by atoms with Gasteiger partial charge in [-0.1, -0.05) is 49.7 Å². The average Bonchev–Trinajstić information content (AvgIpc) is 2.93. The van der Waals surface area contributed by atoms with Gasteiger partial charge in [-0.3, -0.25) is 19.2 Å². The number of hydrogen-bond acceptors (Lipinski definition) is 6. The highest BCUT2D eigenvalue weighted by atomic mass is 35.5. The Morgan fingerprint density at radius 2 is 1.55 bits per heavy atom. The van der Waals surface area contributed by atoms with Crippen LogP contribution >= 0.6 is 11.6 Å². The van der Waals surface area contributed by atoms with E-state index >= 15 is 0 Å². The van der Waals surface area contributed by atoms with E-state index < -0.39 is 84.2 Å². The lowest BCUT2D eigenvalue weighted by Gasteiger charge is -2.26. The lowest BCUT2D eigenvalue weighted by molar-refractivity contribution is -0.177. The predicted molar refractivity (Wildman–Crippen MR) is 143 cm³/mol. The number of halogens is 6. The van der Waals surface area contributed by atoms with Gasteiger partial charge >= 0.3 is 12.1 Å². The number of hydrogen-bond donors (Lipinski definition) is 1. The van der Waals surface area contributed by atoms with Crippen LogP contribution in [0, 0.1) is 17.8 Å². The number of benzene rings is 2. The van der Waals surface area contributed by atoms with E-state index in [1.807, 2.05) is 0 Å². The average molecular weight is 620 g/mol. The summed E-state index contributed by atoms with van der Waals surface area (Å²) in [5.74, 6) is -13.4. The summed E-state index contributed by atoms with van der Waals surface area (Å²) in [6.07, 6.45) is -7.05. The van der Waals surface area contributed by atoms with Crippen molar-refractivity contribution in [3.63, 3.8) is 0 Å². The van der Waals surface area contributed by atoms with Gasteiger partial charge < -0.3 is 14.8 Å². The zero-order chi connectivity index (χ0) is 31.8. The second-order valence-corrected chi connectivity index (χ2v) is 10.4. The monoisotopic (exact) mass is 619 g/mol. The molecule has 2 aromatic rings. The molecule has 1 N–H and O–H groups in total. The maximum absolute atomic E-state index is 14.9. The van der Waals surface area contributed by atoms with Crippen LogP contribution in [0.25, 0.3) is 0 Å². The van der Waals surface area contributed by atoms with Crippen molar-refractivity contribution in [2.45, 2.75) is 44.8 Å². The van der Waals surface area contributed by atoms with Gasteiger partial charge in [-0.25, -0.2) is 0 Å². The molecule has 7 nitrogen and oxygen atoms in total. The van der Waals surface area contributed by atoms with E-state index in [1.54, 1.807) is 0 Å². The van der Waals surface area contributed by atoms with Crippen molar-refractivity contribution >= 4 is 34.9 Å². The molecule has 0 unspecified atom stereocenters. The van der Waals surface area contributed by atoms with Crippen LogP contribution in [-0.4, -0.2) is 50.3 Å². The maximum atomic E-state index is 14.9. The molecule has 0 heterocycles. The van der Waals surface area contributed by atoms with Gasteiger partial charge in [0, 0.05) is 36.5 Å². The zero-order valence-electron chi connectivity index (χ0n) is 23.3. The summed E-state index contributed by atoms with van der Waals surface area (Å²) in [6, 6.07) is 8.54. The van der Waals surface area contributed by atoms with E-state index in [4.69, 9.17) is 21.1 Å². The summed E-state index contributed by atoms with van der Waals surface area (Å²) in [5, 5.41) is 2.33. The third-order valence-corrected chi connectivity index (χ3v) is 6.84. The molecule has 13 heteroatoms. The van der Waals surface area contributed by atoms with Gasteiger partial charge in [-0.2, -0.15) is 22.0 Å². The van der Waals surface area contributed by atoms with E-state index in [-0.39, 0.29) is 10.6 Å². The van der Waals surface area contributed by atoms with Gasteiger partial charge in [0.15, 0.2) is 5.78 Å². The van der Waals surface area contributed by atoms with Crippen molar-refractivity contribution in [2.24, 2.45) is 17.8 Å². The van der Waals surface area contributed by atoms with E-state index in [0.717, 1.165) is 12.1 Å². The highest BCUT2D eigenvalue weighted by Crippen LogP contribution is 2.34. The normalized spacial score (nSPS) is 14.2. The molecule has 0 bridgehead atoms. The van der Waals surface area contributed by atoms with E-state index in [2.05, 4.69) is 5.32 Å². The van der Waals surface area contributed by atoms with E-state index in [0.29, 0.717) is 5.75 Å². The molecule has 0 saturated heterocycles. The number of rotatable bonds is 15. The molecule has 0 aliphatic heterocycles. The largest absolute Gasteiger partial charge is 0.497 e. The van der Waals surface area contributed by atoms with Gasteiger partial charge in [0.05, 0.1) is 19.6 Å². The summed E-state index contributed by atoms with van der Waals surface area (Å²) in [6.45, 7) is 2.21. The van der Waals surface area contributed by atoms with Crippen molar-refractivity contribution in [2.75, 3.05) is 20.8 Å². The fourth-order valence-electron chi connectivity index (χ4n) is 4.21. The van der Waals surface area contributed by atoms with Crippen LogP contribution in [0.3, 0.4) is 0 Å². The number of alkyl halides is 5. The highest BCUT2D eigenvalue weighted by Gasteiger charge is 2.46. The number of Topliss-reactive ketones (excluding diaryl/α,β-unsaturated/α-hetero) is 3. The minimum Gasteiger partial charge on any atom is -0.497 e. The number of carbonyl (C=O) groups excluding carboxylic acids is 4. The van der Waals surface area contributed by atoms with Crippen LogP contribution in [0.2, 0.25) is 5.02 Å². The zero-order valence-corrected chi connectivity index (χ0v) is 24.0. The predicted octanol–water partition coefficient (Wildman–Crippen LogP) is 5.88. The molecule has 0 saturated carbocycles. The molecule has 230 valence electrons. The topological polar surface area (TPSA) is 98.8 Å². The first-order chi connectivity index (χ1) is 19.5. The third kappa shape index (κ3) is 9.06. The Morgan fingerprint density at radius 3 is 2.05 bits per heavy atom. The summed E-state index contributed by atoms with van der Waals surface area (Å²) >= 11 is 5.77. The fourth-order valence-corrected chi connectivity index (χ4v) is 4.40. The third-order valence-electron chi connectivity index (χ3n) is 6.61. The fraction of sp³-hybridized carbons (Fsp3) is 0.448. The van der Waals surface area contributed by atoms with E-state index in [1.165, 1.54) is 64.5 Å². The number of carbonyl (C=O) groups is 4. The second-order valence-electron chi connectivity index (χ2n) is 9.96. The summed E-state index contributed by atoms with van der Waals surface area (Å²) in [4.78, 5) is 51.3. The van der Waals surface area contributed by atoms with Crippen LogP contribution < -0.4 is 10.1 Å². The quantitative estimate of drug-likeness (QED) is 0.250. The van der Waals surface area contributed by atoms with Crippen molar-refractivity contribution < 1.29 is 50.6 Å². The Balaban J connectivity index is 2.38. The number of amides is 1. The van der Waals surface area contributed by atoms with Gasteiger partial charge in [-0.05, 0) is 35.7 Å². The second kappa shape index (κ2) is 14.7. The number of ether oxygens (including phenoxy) is 2. The lowest BCUT2D eigenvalue weighted by Crippen LogP contribution is -2.43. The molecular formula is C29H31ClF5NO6. The minimum absolute atomic E-state index is 0.0317. The Bertz CT molecular complexity index is 1270. The molecule has 2 aromatic carbocycles. The molecule has 0 radical (unpaired) electrons. The number of ketones is 3.